The van der Waals surface area contributed by atoms with Crippen molar-refractivity contribution in [2.75, 3.05) is 13.2 Å². The van der Waals surface area contributed by atoms with Gasteiger partial charge >= 0.3 is 0 Å². The molecule has 0 saturated carbocycles. The first-order chi connectivity index (χ1) is 13.2. The normalized spacial score (nSPS) is 13.2. The Balaban J connectivity index is 1.63. The number of hydrogen-bond acceptors (Lipinski definition) is 5. The molecule has 0 saturated heterocycles. The highest BCUT2D eigenvalue weighted by Crippen LogP contribution is 2.33. The van der Waals surface area contributed by atoms with Crippen molar-refractivity contribution in [3.63, 3.8) is 0 Å². The monoisotopic (exact) mass is 364 g/mol. The third-order valence-corrected chi connectivity index (χ3v) is 4.45. The molecule has 4 rings (SSSR count). The van der Waals surface area contributed by atoms with Crippen LogP contribution in [0.1, 0.15) is 17.5 Å². The van der Waals surface area contributed by atoms with Crippen LogP contribution >= 0.6 is 0 Å². The van der Waals surface area contributed by atoms with Gasteiger partial charge in [0.05, 0.1) is 32.1 Å². The van der Waals surface area contributed by atoms with E-state index in [1.165, 1.54) is 10.7 Å². The van der Waals surface area contributed by atoms with Gasteiger partial charge in [0.15, 0.2) is 11.5 Å². The number of aromatic nitrogens is 2. The van der Waals surface area contributed by atoms with E-state index in [0.29, 0.717) is 31.2 Å². The molecule has 27 heavy (non-hydrogen) atoms. The summed E-state index contributed by atoms with van der Waals surface area (Å²) in [5.41, 5.74) is 3.16. The Morgan fingerprint density at radius 1 is 0.926 bits per heavy atom. The summed E-state index contributed by atoms with van der Waals surface area (Å²) in [4.78, 5) is 12.2. The van der Waals surface area contributed by atoms with Crippen molar-refractivity contribution in [3.05, 3.63) is 76.1 Å². The molecule has 3 aromatic rings. The number of aliphatic hydroxyl groups is 1. The van der Waals surface area contributed by atoms with Gasteiger partial charge in [-0.15, -0.1) is 0 Å². The van der Waals surface area contributed by atoms with E-state index in [9.17, 15) is 4.79 Å². The lowest BCUT2D eigenvalue weighted by atomic mass is 10.1. The molecule has 0 aliphatic carbocycles. The second kappa shape index (κ2) is 7.63. The standard InChI is InChI=1S/C21H20N2O4/c24-14-16-4-2-15(3-5-16)13-23-21(25)9-7-18(22-23)17-6-8-19-20(12-17)27-11-1-10-26-19/h2-9,12,24H,1,10-11,13-14H2. The Labute approximate surface area is 156 Å². The maximum Gasteiger partial charge on any atom is 0.267 e. The molecular weight excluding hydrogens is 344 g/mol. The van der Waals surface area contributed by atoms with Crippen molar-refractivity contribution in [2.24, 2.45) is 0 Å². The number of nitrogens with zero attached hydrogens (tertiary/aromatic N) is 2. The fraction of sp³-hybridized carbons (Fsp3) is 0.238. The van der Waals surface area contributed by atoms with Crippen LogP contribution in [0.15, 0.2) is 59.4 Å². The molecular formula is C21H20N2O4. The van der Waals surface area contributed by atoms with Crippen molar-refractivity contribution in [1.29, 1.82) is 0 Å². The summed E-state index contributed by atoms with van der Waals surface area (Å²) in [6.45, 7) is 1.62. The van der Waals surface area contributed by atoms with Crippen molar-refractivity contribution in [2.45, 2.75) is 19.6 Å². The first-order valence-corrected chi connectivity index (χ1v) is 8.90. The van der Waals surface area contributed by atoms with Crippen LogP contribution in [0.3, 0.4) is 0 Å². The molecule has 0 unspecified atom stereocenters. The molecule has 0 radical (unpaired) electrons. The second-order valence-corrected chi connectivity index (χ2v) is 6.40. The van der Waals surface area contributed by atoms with Gasteiger partial charge < -0.3 is 14.6 Å². The number of rotatable bonds is 4. The Bertz CT molecular complexity index is 996. The molecule has 2 aromatic carbocycles. The van der Waals surface area contributed by atoms with Crippen molar-refractivity contribution >= 4 is 0 Å². The van der Waals surface area contributed by atoms with E-state index in [1.54, 1.807) is 6.07 Å². The van der Waals surface area contributed by atoms with E-state index in [2.05, 4.69) is 5.10 Å². The molecule has 2 heterocycles. The smallest absolute Gasteiger partial charge is 0.267 e. The van der Waals surface area contributed by atoms with E-state index in [4.69, 9.17) is 14.6 Å². The summed E-state index contributed by atoms with van der Waals surface area (Å²) in [6.07, 6.45) is 0.849. The average molecular weight is 364 g/mol. The van der Waals surface area contributed by atoms with Gasteiger partial charge in [0.2, 0.25) is 0 Å². The second-order valence-electron chi connectivity index (χ2n) is 6.40. The summed E-state index contributed by atoms with van der Waals surface area (Å²) in [7, 11) is 0. The summed E-state index contributed by atoms with van der Waals surface area (Å²) < 4.78 is 12.8. The number of benzene rings is 2. The van der Waals surface area contributed by atoms with Gasteiger partial charge in [0, 0.05) is 18.1 Å². The zero-order valence-corrected chi connectivity index (χ0v) is 14.8. The summed E-state index contributed by atoms with van der Waals surface area (Å²) in [6, 6.07) is 16.4. The Kier molecular flexibility index (Phi) is 4.89. The SMILES string of the molecule is O=c1ccc(-c2ccc3c(c2)OCCCO3)nn1Cc1ccc(CO)cc1. The average Bonchev–Trinajstić information content (AvgIpc) is 2.95. The predicted octanol–water partition coefficient (Wildman–Crippen LogP) is 2.61. The molecule has 1 aliphatic rings. The van der Waals surface area contributed by atoms with Gasteiger partial charge in [-0.3, -0.25) is 4.79 Å². The van der Waals surface area contributed by atoms with E-state index in [1.807, 2.05) is 42.5 Å². The highest BCUT2D eigenvalue weighted by Gasteiger charge is 2.13. The van der Waals surface area contributed by atoms with Crippen molar-refractivity contribution in [1.82, 2.24) is 9.78 Å². The molecule has 0 fully saturated rings. The minimum atomic E-state index is -0.167. The van der Waals surface area contributed by atoms with Gasteiger partial charge in [-0.2, -0.15) is 5.10 Å². The molecule has 0 bridgehead atoms. The molecule has 1 N–H and O–H groups in total. The van der Waals surface area contributed by atoms with Crippen LogP contribution in [0.2, 0.25) is 0 Å². The highest BCUT2D eigenvalue weighted by molar-refractivity contribution is 5.63. The van der Waals surface area contributed by atoms with Crippen molar-refractivity contribution in [3.8, 4) is 22.8 Å². The van der Waals surface area contributed by atoms with E-state index < -0.39 is 0 Å². The van der Waals surface area contributed by atoms with Gasteiger partial charge in [0.25, 0.3) is 5.56 Å². The summed E-state index contributed by atoms with van der Waals surface area (Å²) in [5.74, 6) is 1.43. The third kappa shape index (κ3) is 3.85. The van der Waals surface area contributed by atoms with Gasteiger partial charge in [-0.05, 0) is 35.4 Å². The largest absolute Gasteiger partial charge is 0.490 e. The van der Waals surface area contributed by atoms with Crippen LogP contribution in [-0.2, 0) is 13.2 Å². The molecule has 6 heteroatoms. The lowest BCUT2D eigenvalue weighted by molar-refractivity contribution is 0.282. The van der Waals surface area contributed by atoms with Crippen molar-refractivity contribution < 1.29 is 14.6 Å². The fourth-order valence-corrected chi connectivity index (χ4v) is 2.96. The van der Waals surface area contributed by atoms with Crippen LogP contribution in [0.25, 0.3) is 11.3 Å². The van der Waals surface area contributed by atoms with Crippen LogP contribution < -0.4 is 15.0 Å². The van der Waals surface area contributed by atoms with Gasteiger partial charge in [0.1, 0.15) is 0 Å². The number of hydrogen-bond donors (Lipinski definition) is 1. The lowest BCUT2D eigenvalue weighted by Gasteiger charge is -2.11. The predicted molar refractivity (Wildman–Crippen MR) is 101 cm³/mol. The zero-order chi connectivity index (χ0) is 18.6. The number of ether oxygens (including phenoxy) is 2. The number of aliphatic hydroxyl groups excluding tert-OH is 1. The molecule has 1 aromatic heterocycles. The quantitative estimate of drug-likeness (QED) is 0.770. The topological polar surface area (TPSA) is 73.6 Å². The first kappa shape index (κ1) is 17.3. The van der Waals surface area contributed by atoms with E-state index in [-0.39, 0.29) is 12.2 Å². The van der Waals surface area contributed by atoms with Crippen LogP contribution in [0.5, 0.6) is 11.5 Å². The summed E-state index contributed by atoms with van der Waals surface area (Å²) >= 11 is 0. The fourth-order valence-electron chi connectivity index (χ4n) is 2.96. The first-order valence-electron chi connectivity index (χ1n) is 8.90. The highest BCUT2D eigenvalue weighted by atomic mass is 16.5. The minimum absolute atomic E-state index is 0.00191. The van der Waals surface area contributed by atoms with Crippen LogP contribution in [-0.4, -0.2) is 28.1 Å². The van der Waals surface area contributed by atoms with Gasteiger partial charge in [-0.1, -0.05) is 24.3 Å². The molecule has 138 valence electrons. The van der Waals surface area contributed by atoms with E-state index in [0.717, 1.165) is 28.9 Å². The van der Waals surface area contributed by atoms with E-state index >= 15 is 0 Å². The third-order valence-electron chi connectivity index (χ3n) is 4.45. The maximum absolute atomic E-state index is 12.2. The molecule has 0 amide bonds. The minimum Gasteiger partial charge on any atom is -0.490 e. The zero-order valence-electron chi connectivity index (χ0n) is 14.8. The number of fused-ring (bicyclic) bond motifs is 1. The molecule has 0 spiro atoms. The molecule has 0 atom stereocenters. The Hall–Kier alpha value is -3.12. The molecule has 1 aliphatic heterocycles. The summed E-state index contributed by atoms with van der Waals surface area (Å²) in [5, 5.41) is 13.7. The van der Waals surface area contributed by atoms with Crippen LogP contribution in [0.4, 0.5) is 0 Å². The lowest BCUT2D eigenvalue weighted by Crippen LogP contribution is -2.22. The maximum atomic E-state index is 12.2. The Morgan fingerprint density at radius 2 is 1.67 bits per heavy atom. The van der Waals surface area contributed by atoms with Crippen LogP contribution in [0, 0.1) is 0 Å². The molecule has 6 nitrogen and oxygen atoms in total. The van der Waals surface area contributed by atoms with Gasteiger partial charge in [-0.25, -0.2) is 4.68 Å². The Morgan fingerprint density at radius 3 is 2.44 bits per heavy atom.